The Labute approximate surface area is 142 Å². The first-order valence-electron chi connectivity index (χ1n) is 6.96. The van der Waals surface area contributed by atoms with Crippen LogP contribution in [0, 0.1) is 0 Å². The summed E-state index contributed by atoms with van der Waals surface area (Å²) >= 11 is 3.39. The van der Waals surface area contributed by atoms with E-state index in [2.05, 4.69) is 15.9 Å². The Morgan fingerprint density at radius 2 is 1.78 bits per heavy atom. The maximum absolute atomic E-state index is 12.0. The number of carbonyl (C=O) groups excluding carboxylic acids is 2. The van der Waals surface area contributed by atoms with Gasteiger partial charge in [-0.1, -0.05) is 15.9 Å². The lowest BCUT2D eigenvalue weighted by atomic mass is 10.1. The van der Waals surface area contributed by atoms with Gasteiger partial charge < -0.3 is 18.9 Å². The molecule has 23 heavy (non-hydrogen) atoms. The minimum atomic E-state index is -1.26. The molecule has 1 aromatic rings. The highest BCUT2D eigenvalue weighted by Gasteiger charge is 2.39. The van der Waals surface area contributed by atoms with Gasteiger partial charge in [0, 0.05) is 18.3 Å². The normalized spacial score (nSPS) is 16.5. The topological polar surface area (TPSA) is 71.1 Å². The number of esters is 2. The molecular formula is C16H17BrO6. The van der Waals surface area contributed by atoms with Crippen molar-refractivity contribution in [2.75, 3.05) is 13.7 Å². The SMILES string of the molecule is CCOc1cc(Br)c(C=C2C(=O)OC(C)(C)OC2=O)cc1OC. The van der Waals surface area contributed by atoms with Crippen LogP contribution in [0.4, 0.5) is 0 Å². The van der Waals surface area contributed by atoms with E-state index in [1.54, 1.807) is 12.1 Å². The number of cyclic esters (lactones) is 2. The van der Waals surface area contributed by atoms with Gasteiger partial charge in [0.25, 0.3) is 5.79 Å². The molecule has 2 rings (SSSR count). The molecule has 1 saturated heterocycles. The van der Waals surface area contributed by atoms with E-state index in [0.29, 0.717) is 28.1 Å². The molecule has 1 heterocycles. The van der Waals surface area contributed by atoms with E-state index in [1.165, 1.54) is 27.0 Å². The molecule has 0 atom stereocenters. The summed E-state index contributed by atoms with van der Waals surface area (Å²) in [7, 11) is 1.51. The van der Waals surface area contributed by atoms with Gasteiger partial charge in [-0.05, 0) is 30.7 Å². The fourth-order valence-corrected chi connectivity index (χ4v) is 2.46. The first-order chi connectivity index (χ1) is 10.8. The third-order valence-electron chi connectivity index (χ3n) is 3.00. The summed E-state index contributed by atoms with van der Waals surface area (Å²) in [6.45, 7) is 5.33. The molecule has 0 N–H and O–H groups in total. The molecule has 1 aromatic carbocycles. The summed E-state index contributed by atoms with van der Waals surface area (Å²) < 4.78 is 21.5. The van der Waals surface area contributed by atoms with Crippen LogP contribution in [-0.4, -0.2) is 31.4 Å². The van der Waals surface area contributed by atoms with Crippen LogP contribution in [0.5, 0.6) is 11.5 Å². The lowest BCUT2D eigenvalue weighted by molar-refractivity contribution is -0.222. The number of rotatable bonds is 4. The van der Waals surface area contributed by atoms with Gasteiger partial charge in [0.2, 0.25) is 0 Å². The van der Waals surface area contributed by atoms with Gasteiger partial charge in [0.05, 0.1) is 13.7 Å². The number of halogens is 1. The van der Waals surface area contributed by atoms with Crippen LogP contribution in [0.2, 0.25) is 0 Å². The number of methoxy groups -OCH3 is 1. The third kappa shape index (κ3) is 3.85. The molecule has 7 heteroatoms. The van der Waals surface area contributed by atoms with Crippen molar-refractivity contribution in [3.05, 3.63) is 27.7 Å². The first kappa shape index (κ1) is 17.3. The molecule has 0 aliphatic carbocycles. The molecule has 0 unspecified atom stereocenters. The lowest BCUT2D eigenvalue weighted by Gasteiger charge is -2.29. The van der Waals surface area contributed by atoms with Crippen LogP contribution >= 0.6 is 15.9 Å². The summed E-state index contributed by atoms with van der Waals surface area (Å²) in [5.74, 6) is -1.69. The summed E-state index contributed by atoms with van der Waals surface area (Å²) in [6.07, 6.45) is 1.39. The summed E-state index contributed by atoms with van der Waals surface area (Å²) in [4.78, 5) is 24.0. The molecule has 1 aliphatic rings. The summed E-state index contributed by atoms with van der Waals surface area (Å²) in [6, 6.07) is 3.36. The molecule has 0 aromatic heterocycles. The number of carbonyl (C=O) groups is 2. The minimum Gasteiger partial charge on any atom is -0.493 e. The van der Waals surface area contributed by atoms with Crippen LogP contribution < -0.4 is 9.47 Å². The zero-order valence-corrected chi connectivity index (χ0v) is 14.9. The highest BCUT2D eigenvalue weighted by Crippen LogP contribution is 2.35. The first-order valence-corrected chi connectivity index (χ1v) is 7.75. The number of ether oxygens (including phenoxy) is 4. The predicted molar refractivity (Wildman–Crippen MR) is 86.1 cm³/mol. The van der Waals surface area contributed by atoms with E-state index in [1.807, 2.05) is 6.92 Å². The molecule has 124 valence electrons. The molecule has 0 amide bonds. The standard InChI is InChI=1S/C16H17BrO6/c1-5-21-13-8-11(17)9(7-12(13)20-4)6-10-14(18)22-16(2,3)23-15(10)19/h6-8H,5H2,1-4H3. The minimum absolute atomic E-state index is 0.184. The fourth-order valence-electron chi connectivity index (χ4n) is 2.02. The van der Waals surface area contributed by atoms with Crippen LogP contribution in [0.1, 0.15) is 26.3 Å². The molecule has 1 aliphatic heterocycles. The van der Waals surface area contributed by atoms with E-state index in [9.17, 15) is 9.59 Å². The lowest BCUT2D eigenvalue weighted by Crippen LogP contribution is -2.41. The van der Waals surface area contributed by atoms with Crippen LogP contribution in [-0.2, 0) is 19.1 Å². The van der Waals surface area contributed by atoms with Crippen LogP contribution in [0.25, 0.3) is 6.08 Å². The maximum atomic E-state index is 12.0. The maximum Gasteiger partial charge on any atom is 0.348 e. The van der Waals surface area contributed by atoms with E-state index in [4.69, 9.17) is 18.9 Å². The van der Waals surface area contributed by atoms with Gasteiger partial charge in [0.1, 0.15) is 5.57 Å². The van der Waals surface area contributed by atoms with Crippen molar-refractivity contribution in [2.45, 2.75) is 26.6 Å². The molecule has 0 saturated carbocycles. The van der Waals surface area contributed by atoms with E-state index < -0.39 is 17.7 Å². The third-order valence-corrected chi connectivity index (χ3v) is 3.69. The summed E-state index contributed by atoms with van der Waals surface area (Å²) in [5, 5.41) is 0. The van der Waals surface area contributed by atoms with Crippen molar-refractivity contribution in [3.8, 4) is 11.5 Å². The Hall–Kier alpha value is -2.02. The number of benzene rings is 1. The second-order valence-corrected chi connectivity index (χ2v) is 6.05. The van der Waals surface area contributed by atoms with Crippen molar-refractivity contribution in [3.63, 3.8) is 0 Å². The van der Waals surface area contributed by atoms with E-state index in [-0.39, 0.29) is 5.57 Å². The fraction of sp³-hybridized carbons (Fsp3) is 0.375. The van der Waals surface area contributed by atoms with Crippen LogP contribution in [0.3, 0.4) is 0 Å². The second kappa shape index (κ2) is 6.62. The zero-order chi connectivity index (χ0) is 17.2. The average Bonchev–Trinajstić information content (AvgIpc) is 2.44. The van der Waals surface area contributed by atoms with E-state index in [0.717, 1.165) is 0 Å². The highest BCUT2D eigenvalue weighted by molar-refractivity contribution is 9.10. The largest absolute Gasteiger partial charge is 0.493 e. The second-order valence-electron chi connectivity index (χ2n) is 5.19. The monoisotopic (exact) mass is 384 g/mol. The van der Waals surface area contributed by atoms with Gasteiger partial charge in [-0.15, -0.1) is 0 Å². The molecule has 0 radical (unpaired) electrons. The van der Waals surface area contributed by atoms with Gasteiger partial charge in [-0.25, -0.2) is 9.59 Å². The Morgan fingerprint density at radius 1 is 1.17 bits per heavy atom. The van der Waals surface area contributed by atoms with Crippen molar-refractivity contribution in [2.24, 2.45) is 0 Å². The number of hydrogen-bond donors (Lipinski definition) is 0. The van der Waals surface area contributed by atoms with E-state index >= 15 is 0 Å². The van der Waals surface area contributed by atoms with Gasteiger partial charge in [-0.2, -0.15) is 0 Å². The van der Waals surface area contributed by atoms with Crippen molar-refractivity contribution in [1.29, 1.82) is 0 Å². The number of hydrogen-bond acceptors (Lipinski definition) is 6. The Morgan fingerprint density at radius 3 is 2.30 bits per heavy atom. The molecule has 0 bridgehead atoms. The molecular weight excluding hydrogens is 368 g/mol. The highest BCUT2D eigenvalue weighted by atomic mass is 79.9. The Balaban J connectivity index is 2.42. The van der Waals surface area contributed by atoms with Gasteiger partial charge in [0.15, 0.2) is 11.5 Å². The predicted octanol–water partition coefficient (Wildman–Crippen LogP) is 3.08. The van der Waals surface area contributed by atoms with Crippen molar-refractivity contribution < 1.29 is 28.5 Å². The van der Waals surface area contributed by atoms with Crippen LogP contribution in [0.15, 0.2) is 22.2 Å². The van der Waals surface area contributed by atoms with Crippen molar-refractivity contribution >= 4 is 33.9 Å². The molecule has 1 fully saturated rings. The Kier molecular flexibility index (Phi) is 4.99. The quantitative estimate of drug-likeness (QED) is 0.451. The Bertz CT molecular complexity index is 655. The van der Waals surface area contributed by atoms with Gasteiger partial charge in [-0.3, -0.25) is 0 Å². The smallest absolute Gasteiger partial charge is 0.348 e. The molecule has 0 spiro atoms. The van der Waals surface area contributed by atoms with Crippen molar-refractivity contribution in [1.82, 2.24) is 0 Å². The summed E-state index contributed by atoms with van der Waals surface area (Å²) in [5.41, 5.74) is 0.380. The average molecular weight is 385 g/mol. The molecule has 6 nitrogen and oxygen atoms in total. The zero-order valence-electron chi connectivity index (χ0n) is 13.3. The van der Waals surface area contributed by atoms with Gasteiger partial charge >= 0.3 is 11.9 Å².